The van der Waals surface area contributed by atoms with E-state index in [2.05, 4.69) is 5.32 Å². The molecule has 3 atom stereocenters. The molecule has 2 aromatic carbocycles. The molecule has 0 heterocycles. The number of benzene rings is 2. The summed E-state index contributed by atoms with van der Waals surface area (Å²) in [6.07, 6.45) is 0. The van der Waals surface area contributed by atoms with Gasteiger partial charge in [-0.05, 0) is 30.2 Å². The van der Waals surface area contributed by atoms with E-state index in [1.165, 1.54) is 0 Å². The lowest BCUT2D eigenvalue weighted by Crippen LogP contribution is -2.40. The van der Waals surface area contributed by atoms with Crippen molar-refractivity contribution in [2.24, 2.45) is 11.7 Å². The van der Waals surface area contributed by atoms with Crippen LogP contribution in [0.5, 0.6) is 0 Å². The van der Waals surface area contributed by atoms with Crippen LogP contribution in [-0.4, -0.2) is 11.9 Å². The molecule has 0 spiro atoms. The Morgan fingerprint density at radius 2 is 1.52 bits per heavy atom. The zero-order chi connectivity index (χ0) is 16.1. The number of hydrogen-bond acceptors (Lipinski definition) is 2. The fourth-order valence-electron chi connectivity index (χ4n) is 2.17. The SMILES string of the molecule is CC(N)C(C)C(=O)NC(c1ccccc1)c1ccc(Cl)cc1.Cl. The third-order valence-corrected chi connectivity index (χ3v) is 4.08. The minimum absolute atomic E-state index is 0. The van der Waals surface area contributed by atoms with Crippen LogP contribution in [0.4, 0.5) is 0 Å². The van der Waals surface area contributed by atoms with E-state index >= 15 is 0 Å². The molecule has 0 aliphatic carbocycles. The predicted molar refractivity (Wildman–Crippen MR) is 97.9 cm³/mol. The molecule has 124 valence electrons. The van der Waals surface area contributed by atoms with Crippen molar-refractivity contribution in [1.29, 1.82) is 0 Å². The fraction of sp³-hybridized carbons (Fsp3) is 0.278. The molecule has 3 N–H and O–H groups in total. The van der Waals surface area contributed by atoms with Gasteiger partial charge in [-0.25, -0.2) is 0 Å². The van der Waals surface area contributed by atoms with Gasteiger partial charge < -0.3 is 11.1 Å². The highest BCUT2D eigenvalue weighted by molar-refractivity contribution is 6.30. The quantitative estimate of drug-likeness (QED) is 0.855. The van der Waals surface area contributed by atoms with Crippen LogP contribution < -0.4 is 11.1 Å². The molecule has 0 saturated carbocycles. The maximum atomic E-state index is 12.4. The maximum Gasteiger partial charge on any atom is 0.225 e. The highest BCUT2D eigenvalue weighted by Crippen LogP contribution is 2.24. The Morgan fingerprint density at radius 3 is 2.04 bits per heavy atom. The summed E-state index contributed by atoms with van der Waals surface area (Å²) in [7, 11) is 0. The topological polar surface area (TPSA) is 55.1 Å². The van der Waals surface area contributed by atoms with Crippen LogP contribution in [-0.2, 0) is 4.79 Å². The van der Waals surface area contributed by atoms with Crippen LogP contribution in [0, 0.1) is 5.92 Å². The lowest BCUT2D eigenvalue weighted by molar-refractivity contribution is -0.125. The third kappa shape index (κ3) is 5.24. The molecule has 5 heteroatoms. The van der Waals surface area contributed by atoms with Crippen LogP contribution in [0.2, 0.25) is 5.02 Å². The zero-order valence-electron chi connectivity index (χ0n) is 13.2. The summed E-state index contributed by atoms with van der Waals surface area (Å²) in [5, 5.41) is 3.76. The van der Waals surface area contributed by atoms with E-state index in [1.54, 1.807) is 0 Å². The molecule has 2 aromatic rings. The Balaban J connectivity index is 0.00000264. The average Bonchev–Trinajstić information content (AvgIpc) is 2.53. The van der Waals surface area contributed by atoms with E-state index in [0.717, 1.165) is 11.1 Å². The second-order valence-corrected chi connectivity index (χ2v) is 5.99. The first kappa shape index (κ1) is 19.5. The number of nitrogens with one attached hydrogen (secondary N) is 1. The van der Waals surface area contributed by atoms with E-state index < -0.39 is 0 Å². The molecule has 0 aliphatic rings. The van der Waals surface area contributed by atoms with Gasteiger partial charge in [-0.3, -0.25) is 4.79 Å². The number of carbonyl (C=O) groups is 1. The minimum atomic E-state index is -0.251. The number of rotatable bonds is 5. The normalized spacial score (nSPS) is 14.3. The smallest absolute Gasteiger partial charge is 0.225 e. The molecule has 0 fully saturated rings. The van der Waals surface area contributed by atoms with Crippen LogP contribution >= 0.6 is 24.0 Å². The van der Waals surface area contributed by atoms with Gasteiger partial charge in [-0.15, -0.1) is 12.4 Å². The van der Waals surface area contributed by atoms with E-state index in [0.29, 0.717) is 5.02 Å². The monoisotopic (exact) mass is 352 g/mol. The van der Waals surface area contributed by atoms with Crippen molar-refractivity contribution in [2.75, 3.05) is 0 Å². The standard InChI is InChI=1S/C18H21ClN2O.ClH/c1-12(13(2)20)18(22)21-17(14-6-4-3-5-7-14)15-8-10-16(19)11-9-15;/h3-13,17H,20H2,1-2H3,(H,21,22);1H. The average molecular weight is 353 g/mol. The van der Waals surface area contributed by atoms with Crippen molar-refractivity contribution < 1.29 is 4.79 Å². The van der Waals surface area contributed by atoms with Gasteiger partial charge in [0.25, 0.3) is 0 Å². The molecule has 23 heavy (non-hydrogen) atoms. The van der Waals surface area contributed by atoms with Gasteiger partial charge in [0, 0.05) is 17.0 Å². The van der Waals surface area contributed by atoms with Gasteiger partial charge in [0.15, 0.2) is 0 Å². The lowest BCUT2D eigenvalue weighted by atomic mass is 9.96. The highest BCUT2D eigenvalue weighted by atomic mass is 35.5. The van der Waals surface area contributed by atoms with Gasteiger partial charge in [-0.1, -0.05) is 61.0 Å². The third-order valence-electron chi connectivity index (χ3n) is 3.83. The molecule has 2 rings (SSSR count). The van der Waals surface area contributed by atoms with Crippen molar-refractivity contribution in [1.82, 2.24) is 5.32 Å². The number of halogens is 2. The Morgan fingerprint density at radius 1 is 1.00 bits per heavy atom. The van der Waals surface area contributed by atoms with Crippen molar-refractivity contribution in [2.45, 2.75) is 25.9 Å². The van der Waals surface area contributed by atoms with Crippen molar-refractivity contribution in [3.05, 3.63) is 70.7 Å². The Labute approximate surface area is 148 Å². The van der Waals surface area contributed by atoms with Gasteiger partial charge in [0.05, 0.1) is 6.04 Å². The first-order chi connectivity index (χ1) is 10.5. The summed E-state index contributed by atoms with van der Waals surface area (Å²) in [4.78, 5) is 12.4. The summed E-state index contributed by atoms with van der Waals surface area (Å²) in [6.45, 7) is 3.67. The van der Waals surface area contributed by atoms with Crippen molar-refractivity contribution in [3.63, 3.8) is 0 Å². The zero-order valence-corrected chi connectivity index (χ0v) is 14.8. The van der Waals surface area contributed by atoms with E-state index in [1.807, 2.05) is 68.4 Å². The molecular weight excluding hydrogens is 331 g/mol. The number of amides is 1. The summed E-state index contributed by atoms with van der Waals surface area (Å²) < 4.78 is 0. The van der Waals surface area contributed by atoms with Crippen molar-refractivity contribution >= 4 is 29.9 Å². The van der Waals surface area contributed by atoms with Gasteiger partial charge in [0.1, 0.15) is 0 Å². The molecular formula is C18H22Cl2N2O. The summed E-state index contributed by atoms with van der Waals surface area (Å²) >= 11 is 5.96. The molecule has 0 aliphatic heterocycles. The Kier molecular flexibility index (Phi) is 7.56. The van der Waals surface area contributed by atoms with Crippen LogP contribution in [0.3, 0.4) is 0 Å². The molecule has 0 bridgehead atoms. The van der Waals surface area contributed by atoms with E-state index in [9.17, 15) is 4.79 Å². The summed E-state index contributed by atoms with van der Waals surface area (Å²) in [5.74, 6) is -0.308. The second-order valence-electron chi connectivity index (χ2n) is 5.55. The van der Waals surface area contributed by atoms with E-state index in [-0.39, 0.29) is 36.3 Å². The van der Waals surface area contributed by atoms with Gasteiger partial charge in [0.2, 0.25) is 5.91 Å². The predicted octanol–water partition coefficient (Wildman–Crippen LogP) is 3.95. The lowest BCUT2D eigenvalue weighted by Gasteiger charge is -2.23. The Bertz CT molecular complexity index is 615. The minimum Gasteiger partial charge on any atom is -0.345 e. The summed E-state index contributed by atoms with van der Waals surface area (Å²) in [5.41, 5.74) is 7.84. The molecule has 0 aromatic heterocycles. The first-order valence-corrected chi connectivity index (χ1v) is 7.73. The largest absolute Gasteiger partial charge is 0.345 e. The number of nitrogens with two attached hydrogens (primary N) is 1. The van der Waals surface area contributed by atoms with Crippen LogP contribution in [0.1, 0.15) is 31.0 Å². The van der Waals surface area contributed by atoms with Crippen LogP contribution in [0.25, 0.3) is 0 Å². The molecule has 3 unspecified atom stereocenters. The first-order valence-electron chi connectivity index (χ1n) is 7.35. The second kappa shape index (κ2) is 8.92. The van der Waals surface area contributed by atoms with Crippen LogP contribution in [0.15, 0.2) is 54.6 Å². The van der Waals surface area contributed by atoms with E-state index in [4.69, 9.17) is 17.3 Å². The fourth-order valence-corrected chi connectivity index (χ4v) is 2.30. The maximum absolute atomic E-state index is 12.4. The van der Waals surface area contributed by atoms with Gasteiger partial charge in [-0.2, -0.15) is 0 Å². The molecule has 0 saturated heterocycles. The highest BCUT2D eigenvalue weighted by Gasteiger charge is 2.22. The Hall–Kier alpha value is -1.55. The summed E-state index contributed by atoms with van der Waals surface area (Å²) in [6, 6.07) is 17.0. The number of hydrogen-bond donors (Lipinski definition) is 2. The molecule has 0 radical (unpaired) electrons. The van der Waals surface area contributed by atoms with Crippen molar-refractivity contribution in [3.8, 4) is 0 Å². The number of carbonyl (C=O) groups excluding carboxylic acids is 1. The molecule has 3 nitrogen and oxygen atoms in total. The van der Waals surface area contributed by atoms with Gasteiger partial charge >= 0.3 is 0 Å². The molecule has 1 amide bonds.